The van der Waals surface area contributed by atoms with Crippen LogP contribution in [0.1, 0.15) is 30.9 Å². The Morgan fingerprint density at radius 1 is 1.07 bits per heavy atom. The number of fused-ring (bicyclic) bond motifs is 1. The highest BCUT2D eigenvalue weighted by Gasteiger charge is 2.24. The Balaban J connectivity index is 1.89. The van der Waals surface area contributed by atoms with Gasteiger partial charge in [0.25, 0.3) is 0 Å². The van der Waals surface area contributed by atoms with Gasteiger partial charge in [0.05, 0.1) is 17.9 Å². The van der Waals surface area contributed by atoms with Gasteiger partial charge in [-0.1, -0.05) is 43.3 Å². The molecular formula is C24H24N2O2. The van der Waals surface area contributed by atoms with E-state index in [1.54, 1.807) is 0 Å². The van der Waals surface area contributed by atoms with Gasteiger partial charge in [-0.3, -0.25) is 0 Å². The van der Waals surface area contributed by atoms with E-state index in [-0.39, 0.29) is 12.4 Å². The van der Waals surface area contributed by atoms with Crippen molar-refractivity contribution in [3.8, 4) is 22.9 Å². The first-order valence-corrected chi connectivity index (χ1v) is 9.76. The number of anilines is 1. The van der Waals surface area contributed by atoms with Gasteiger partial charge < -0.3 is 15.1 Å². The number of aromatic hydroxyl groups is 1. The van der Waals surface area contributed by atoms with Crippen molar-refractivity contribution in [1.82, 2.24) is 0 Å². The van der Waals surface area contributed by atoms with Crippen molar-refractivity contribution >= 4 is 16.5 Å². The van der Waals surface area contributed by atoms with Crippen LogP contribution >= 0.6 is 0 Å². The fourth-order valence-corrected chi connectivity index (χ4v) is 4.07. The molecule has 28 heavy (non-hydrogen) atoms. The van der Waals surface area contributed by atoms with Crippen molar-refractivity contribution < 1.29 is 10.2 Å². The monoisotopic (exact) mass is 372 g/mol. The maximum Gasteiger partial charge on any atom is 0.130 e. The normalized spacial score (nSPS) is 15.0. The standard InChI is InChI=1S/C24H24N2O2/c1-16-8-10-26(11-9-16)23-13-20(24(28)22(15-27)21(23)14-25)19-7-6-17-4-2-3-5-18(17)12-19/h2-7,12-13,16,27-28H,8-11,15H2,1H3. The number of hydrogen-bond donors (Lipinski definition) is 2. The molecule has 3 aromatic carbocycles. The maximum absolute atomic E-state index is 10.9. The molecule has 1 saturated heterocycles. The van der Waals surface area contributed by atoms with Crippen LogP contribution in [0.5, 0.6) is 5.75 Å². The average molecular weight is 372 g/mol. The van der Waals surface area contributed by atoms with Crippen LogP contribution in [0.25, 0.3) is 21.9 Å². The Labute approximate surface area is 165 Å². The largest absolute Gasteiger partial charge is 0.507 e. The molecule has 4 rings (SSSR count). The molecule has 0 saturated carbocycles. The second kappa shape index (κ2) is 7.53. The van der Waals surface area contributed by atoms with Crippen molar-refractivity contribution in [2.75, 3.05) is 18.0 Å². The SMILES string of the molecule is CC1CCN(c2cc(-c3ccc4ccccc4c3)c(O)c(CO)c2C#N)CC1. The third-order valence-corrected chi connectivity index (χ3v) is 5.83. The topological polar surface area (TPSA) is 67.5 Å². The summed E-state index contributed by atoms with van der Waals surface area (Å²) in [6.45, 7) is 3.64. The van der Waals surface area contributed by atoms with E-state index in [1.165, 1.54) is 0 Å². The van der Waals surface area contributed by atoms with E-state index in [0.29, 0.717) is 22.6 Å². The first kappa shape index (κ1) is 18.3. The number of benzene rings is 3. The Hall–Kier alpha value is -3.03. The zero-order valence-corrected chi connectivity index (χ0v) is 16.0. The number of rotatable bonds is 3. The summed E-state index contributed by atoms with van der Waals surface area (Å²) in [7, 11) is 0. The average Bonchev–Trinajstić information content (AvgIpc) is 2.73. The molecule has 0 radical (unpaired) electrons. The predicted octanol–water partition coefficient (Wildman–Crippen LogP) is 4.81. The van der Waals surface area contributed by atoms with E-state index in [4.69, 9.17) is 0 Å². The van der Waals surface area contributed by atoms with Gasteiger partial charge in [0.2, 0.25) is 0 Å². The number of piperidine rings is 1. The summed E-state index contributed by atoms with van der Waals surface area (Å²) in [6, 6.07) is 18.3. The summed E-state index contributed by atoms with van der Waals surface area (Å²) in [4.78, 5) is 2.21. The lowest BCUT2D eigenvalue weighted by Crippen LogP contribution is -2.33. The van der Waals surface area contributed by atoms with Crippen molar-refractivity contribution in [2.45, 2.75) is 26.4 Å². The number of hydrogen-bond acceptors (Lipinski definition) is 4. The van der Waals surface area contributed by atoms with Crippen molar-refractivity contribution in [2.24, 2.45) is 5.92 Å². The molecule has 0 bridgehead atoms. The van der Waals surface area contributed by atoms with Crippen LogP contribution in [0.3, 0.4) is 0 Å². The number of phenols is 1. The Kier molecular flexibility index (Phi) is 4.93. The maximum atomic E-state index is 10.9. The predicted molar refractivity (Wildman–Crippen MR) is 112 cm³/mol. The molecule has 0 spiro atoms. The molecule has 142 valence electrons. The molecule has 1 heterocycles. The van der Waals surface area contributed by atoms with Gasteiger partial charge in [0.15, 0.2) is 0 Å². The second-order valence-electron chi connectivity index (χ2n) is 7.65. The summed E-state index contributed by atoms with van der Waals surface area (Å²) in [5.74, 6) is 0.666. The van der Waals surface area contributed by atoms with E-state index >= 15 is 0 Å². The third-order valence-electron chi connectivity index (χ3n) is 5.83. The van der Waals surface area contributed by atoms with Gasteiger partial charge in [-0.25, -0.2) is 0 Å². The molecule has 4 heteroatoms. The van der Waals surface area contributed by atoms with Crippen LogP contribution in [0.4, 0.5) is 5.69 Å². The molecule has 0 atom stereocenters. The van der Waals surface area contributed by atoms with Gasteiger partial charge in [-0.2, -0.15) is 5.26 Å². The third kappa shape index (κ3) is 3.19. The van der Waals surface area contributed by atoms with E-state index in [9.17, 15) is 15.5 Å². The fourth-order valence-electron chi connectivity index (χ4n) is 4.07. The lowest BCUT2D eigenvalue weighted by Gasteiger charge is -2.33. The highest BCUT2D eigenvalue weighted by atomic mass is 16.3. The fraction of sp³-hybridized carbons (Fsp3) is 0.292. The second-order valence-corrected chi connectivity index (χ2v) is 7.65. The highest BCUT2D eigenvalue weighted by molar-refractivity contribution is 5.90. The molecule has 1 aliphatic rings. The van der Waals surface area contributed by atoms with Crippen LogP contribution in [0.2, 0.25) is 0 Å². The number of nitriles is 1. The van der Waals surface area contributed by atoms with Crippen LogP contribution in [-0.4, -0.2) is 23.3 Å². The first-order valence-electron chi connectivity index (χ1n) is 9.76. The minimum absolute atomic E-state index is 0.0107. The zero-order chi connectivity index (χ0) is 19.7. The van der Waals surface area contributed by atoms with E-state index in [2.05, 4.69) is 24.0 Å². The van der Waals surface area contributed by atoms with Crippen molar-refractivity contribution in [3.05, 3.63) is 59.7 Å². The van der Waals surface area contributed by atoms with E-state index < -0.39 is 0 Å². The van der Waals surface area contributed by atoms with Crippen molar-refractivity contribution in [1.29, 1.82) is 5.26 Å². The Morgan fingerprint density at radius 3 is 2.46 bits per heavy atom. The lowest BCUT2D eigenvalue weighted by atomic mass is 9.92. The number of aliphatic hydroxyl groups is 1. The van der Waals surface area contributed by atoms with Gasteiger partial charge in [0, 0.05) is 24.2 Å². The van der Waals surface area contributed by atoms with Gasteiger partial charge in [-0.15, -0.1) is 0 Å². The van der Waals surface area contributed by atoms with Crippen molar-refractivity contribution in [3.63, 3.8) is 0 Å². The van der Waals surface area contributed by atoms with Gasteiger partial charge in [-0.05, 0) is 47.2 Å². The quantitative estimate of drug-likeness (QED) is 0.692. The molecule has 1 fully saturated rings. The summed E-state index contributed by atoms with van der Waals surface area (Å²) in [6.07, 6.45) is 2.15. The van der Waals surface area contributed by atoms with E-state index in [0.717, 1.165) is 48.0 Å². The van der Waals surface area contributed by atoms with Crippen LogP contribution in [0, 0.1) is 17.2 Å². The molecule has 4 nitrogen and oxygen atoms in total. The molecule has 1 aliphatic heterocycles. The molecule has 2 N–H and O–H groups in total. The Bertz CT molecular complexity index is 1060. The molecule has 0 aliphatic carbocycles. The van der Waals surface area contributed by atoms with Crippen LogP contribution in [0.15, 0.2) is 48.5 Å². The Morgan fingerprint density at radius 2 is 1.79 bits per heavy atom. The van der Waals surface area contributed by atoms with Gasteiger partial charge in [0.1, 0.15) is 11.8 Å². The highest BCUT2D eigenvalue weighted by Crippen LogP contribution is 2.41. The molecule has 0 aromatic heterocycles. The summed E-state index contributed by atoms with van der Waals surface area (Å²) < 4.78 is 0. The molecule has 0 unspecified atom stereocenters. The molecule has 0 amide bonds. The number of nitrogens with zero attached hydrogens (tertiary/aromatic N) is 2. The molecular weight excluding hydrogens is 348 g/mol. The summed E-state index contributed by atoms with van der Waals surface area (Å²) >= 11 is 0. The number of aliphatic hydroxyl groups excluding tert-OH is 1. The summed E-state index contributed by atoms with van der Waals surface area (Å²) in [5.41, 5.74) is 3.02. The smallest absolute Gasteiger partial charge is 0.130 e. The van der Waals surface area contributed by atoms with Crippen LogP contribution < -0.4 is 4.90 Å². The first-order chi connectivity index (χ1) is 13.6. The zero-order valence-electron chi connectivity index (χ0n) is 16.0. The van der Waals surface area contributed by atoms with Crippen LogP contribution in [-0.2, 0) is 6.61 Å². The minimum Gasteiger partial charge on any atom is -0.507 e. The molecule has 3 aromatic rings. The summed E-state index contributed by atoms with van der Waals surface area (Å²) in [5, 5.41) is 32.7. The van der Waals surface area contributed by atoms with Gasteiger partial charge >= 0.3 is 0 Å². The van der Waals surface area contributed by atoms with E-state index in [1.807, 2.05) is 42.5 Å². The minimum atomic E-state index is -0.368. The lowest BCUT2D eigenvalue weighted by molar-refractivity contribution is 0.275.